The van der Waals surface area contributed by atoms with Crippen LogP contribution >= 0.6 is 0 Å². The van der Waals surface area contributed by atoms with Crippen LogP contribution < -0.4 is 0 Å². The van der Waals surface area contributed by atoms with E-state index in [-0.39, 0.29) is 6.20 Å². The standard InChI is InChI=1S/C9H5F6NO2/c1-18-8(17)4-5(10)3(7(11)12)2-16-6(4)9(13,14)15/h2,7H,1H3. The summed E-state index contributed by atoms with van der Waals surface area (Å²) in [4.78, 5) is 13.7. The molecule has 3 nitrogen and oxygen atoms in total. The van der Waals surface area contributed by atoms with Gasteiger partial charge in [-0.15, -0.1) is 0 Å². The van der Waals surface area contributed by atoms with Crippen LogP contribution in [0, 0.1) is 5.82 Å². The number of hydrogen-bond donors (Lipinski definition) is 0. The fourth-order valence-corrected chi connectivity index (χ4v) is 1.16. The zero-order valence-corrected chi connectivity index (χ0v) is 8.69. The van der Waals surface area contributed by atoms with E-state index in [2.05, 4.69) is 9.72 Å². The molecule has 100 valence electrons. The summed E-state index contributed by atoms with van der Waals surface area (Å²) in [5, 5.41) is 0. The second-order valence-electron chi connectivity index (χ2n) is 3.04. The molecule has 0 atom stereocenters. The average Bonchev–Trinajstić information content (AvgIpc) is 2.25. The predicted octanol–water partition coefficient (Wildman–Crippen LogP) is 2.96. The van der Waals surface area contributed by atoms with Crippen molar-refractivity contribution in [1.82, 2.24) is 4.98 Å². The van der Waals surface area contributed by atoms with Gasteiger partial charge in [-0.05, 0) is 0 Å². The Labute approximate surface area is 96.4 Å². The number of ether oxygens (including phenoxy) is 1. The minimum absolute atomic E-state index is 0.0370. The maximum atomic E-state index is 13.4. The van der Waals surface area contributed by atoms with Gasteiger partial charge in [0.1, 0.15) is 11.4 Å². The van der Waals surface area contributed by atoms with E-state index in [4.69, 9.17) is 0 Å². The normalized spacial score (nSPS) is 11.8. The summed E-state index contributed by atoms with van der Waals surface area (Å²) in [6, 6.07) is 0. The van der Waals surface area contributed by atoms with Crippen LogP contribution in [0.15, 0.2) is 6.20 Å². The monoisotopic (exact) mass is 273 g/mol. The first-order valence-corrected chi connectivity index (χ1v) is 4.32. The lowest BCUT2D eigenvalue weighted by molar-refractivity contribution is -0.142. The Bertz CT molecular complexity index is 471. The molecule has 1 aromatic heterocycles. The molecule has 0 N–H and O–H groups in total. The molecule has 0 aliphatic carbocycles. The van der Waals surface area contributed by atoms with Crippen LogP contribution in [0.5, 0.6) is 0 Å². The number of methoxy groups -OCH3 is 1. The molecule has 0 aliphatic rings. The summed E-state index contributed by atoms with van der Waals surface area (Å²) < 4.78 is 79.2. The van der Waals surface area contributed by atoms with E-state index < -0.39 is 41.2 Å². The summed E-state index contributed by atoms with van der Waals surface area (Å²) in [5.74, 6) is -3.71. The maximum Gasteiger partial charge on any atom is 0.434 e. The van der Waals surface area contributed by atoms with E-state index in [1.54, 1.807) is 0 Å². The quantitative estimate of drug-likeness (QED) is 0.614. The summed E-state index contributed by atoms with van der Waals surface area (Å²) in [6.07, 6.45) is -8.52. The van der Waals surface area contributed by atoms with E-state index in [0.29, 0.717) is 7.11 Å². The SMILES string of the molecule is COC(=O)c1c(C(F)(F)F)ncc(C(F)F)c1F. The van der Waals surface area contributed by atoms with E-state index in [1.165, 1.54) is 0 Å². The molecule has 0 aromatic carbocycles. The molecule has 1 rings (SSSR count). The number of esters is 1. The largest absolute Gasteiger partial charge is 0.465 e. The number of hydrogen-bond acceptors (Lipinski definition) is 3. The fraction of sp³-hybridized carbons (Fsp3) is 0.333. The average molecular weight is 273 g/mol. The van der Waals surface area contributed by atoms with Gasteiger partial charge in [0.25, 0.3) is 6.43 Å². The van der Waals surface area contributed by atoms with E-state index in [0.717, 1.165) is 0 Å². The minimum atomic E-state index is -5.16. The number of nitrogens with zero attached hydrogens (tertiary/aromatic N) is 1. The Morgan fingerprint density at radius 3 is 2.33 bits per heavy atom. The third-order valence-corrected chi connectivity index (χ3v) is 1.94. The van der Waals surface area contributed by atoms with Crippen molar-refractivity contribution >= 4 is 5.97 Å². The number of pyridine rings is 1. The van der Waals surface area contributed by atoms with Gasteiger partial charge in [-0.3, -0.25) is 4.98 Å². The first-order valence-electron chi connectivity index (χ1n) is 4.32. The third-order valence-electron chi connectivity index (χ3n) is 1.94. The Hall–Kier alpha value is -1.80. The molecule has 18 heavy (non-hydrogen) atoms. The molecule has 0 spiro atoms. The van der Waals surface area contributed by atoms with Crippen molar-refractivity contribution in [3.05, 3.63) is 28.8 Å². The molecule has 1 aromatic rings. The van der Waals surface area contributed by atoms with Crippen molar-refractivity contribution in [2.45, 2.75) is 12.6 Å². The first kappa shape index (κ1) is 14.3. The van der Waals surface area contributed by atoms with Gasteiger partial charge in [-0.2, -0.15) is 13.2 Å². The van der Waals surface area contributed by atoms with Crippen molar-refractivity contribution < 1.29 is 35.9 Å². The highest BCUT2D eigenvalue weighted by Gasteiger charge is 2.40. The van der Waals surface area contributed by atoms with Crippen LogP contribution in [0.3, 0.4) is 0 Å². The molecule has 0 aliphatic heterocycles. The lowest BCUT2D eigenvalue weighted by Gasteiger charge is -2.13. The smallest absolute Gasteiger partial charge is 0.434 e. The number of carbonyl (C=O) groups is 1. The molecule has 0 radical (unpaired) electrons. The summed E-state index contributed by atoms with van der Waals surface area (Å²) in [6.45, 7) is 0. The van der Waals surface area contributed by atoms with Gasteiger partial charge in [0, 0.05) is 6.20 Å². The van der Waals surface area contributed by atoms with Gasteiger partial charge in [0.2, 0.25) is 0 Å². The molecule has 0 fully saturated rings. The Balaban J connectivity index is 3.57. The van der Waals surface area contributed by atoms with Crippen LogP contribution in [-0.4, -0.2) is 18.1 Å². The second-order valence-corrected chi connectivity index (χ2v) is 3.04. The lowest BCUT2D eigenvalue weighted by Crippen LogP contribution is -2.19. The van der Waals surface area contributed by atoms with Crippen molar-refractivity contribution in [3.8, 4) is 0 Å². The predicted molar refractivity (Wildman–Crippen MR) is 45.5 cm³/mol. The number of rotatable bonds is 2. The molecule has 0 saturated carbocycles. The summed E-state index contributed by atoms with van der Waals surface area (Å²) in [5.41, 5.74) is -4.96. The van der Waals surface area contributed by atoms with Crippen molar-refractivity contribution in [1.29, 1.82) is 0 Å². The van der Waals surface area contributed by atoms with Crippen LogP contribution in [0.4, 0.5) is 26.3 Å². The zero-order chi connectivity index (χ0) is 14.1. The molecular weight excluding hydrogens is 268 g/mol. The van der Waals surface area contributed by atoms with Crippen molar-refractivity contribution in [3.63, 3.8) is 0 Å². The number of carbonyl (C=O) groups excluding carboxylic acids is 1. The molecule has 0 unspecified atom stereocenters. The Morgan fingerprint density at radius 1 is 1.39 bits per heavy atom. The maximum absolute atomic E-state index is 13.4. The van der Waals surface area contributed by atoms with Gasteiger partial charge >= 0.3 is 12.1 Å². The van der Waals surface area contributed by atoms with Crippen molar-refractivity contribution in [2.24, 2.45) is 0 Å². The molecule has 1 heterocycles. The first-order chi connectivity index (χ1) is 8.20. The van der Waals surface area contributed by atoms with Gasteiger partial charge < -0.3 is 4.74 Å². The van der Waals surface area contributed by atoms with Gasteiger partial charge in [-0.1, -0.05) is 0 Å². The summed E-state index contributed by atoms with van der Waals surface area (Å²) in [7, 11) is 0.691. The molecular formula is C9H5F6NO2. The second kappa shape index (κ2) is 4.83. The number of halogens is 6. The van der Waals surface area contributed by atoms with Gasteiger partial charge in [0.05, 0.1) is 12.7 Å². The van der Waals surface area contributed by atoms with Crippen molar-refractivity contribution in [2.75, 3.05) is 7.11 Å². The van der Waals surface area contributed by atoms with Gasteiger partial charge in [0.15, 0.2) is 5.69 Å². The molecule has 0 amide bonds. The number of aromatic nitrogens is 1. The Morgan fingerprint density at radius 2 is 1.94 bits per heavy atom. The van der Waals surface area contributed by atoms with Crippen LogP contribution in [0.2, 0.25) is 0 Å². The van der Waals surface area contributed by atoms with Crippen LogP contribution in [0.1, 0.15) is 28.0 Å². The van der Waals surface area contributed by atoms with Gasteiger partial charge in [-0.25, -0.2) is 18.0 Å². The summed E-state index contributed by atoms with van der Waals surface area (Å²) >= 11 is 0. The lowest BCUT2D eigenvalue weighted by atomic mass is 10.1. The molecule has 9 heteroatoms. The van der Waals surface area contributed by atoms with E-state index in [9.17, 15) is 31.1 Å². The fourth-order valence-electron chi connectivity index (χ4n) is 1.16. The topological polar surface area (TPSA) is 39.2 Å². The highest BCUT2D eigenvalue weighted by molar-refractivity contribution is 5.91. The van der Waals surface area contributed by atoms with Crippen LogP contribution in [-0.2, 0) is 10.9 Å². The highest BCUT2D eigenvalue weighted by Crippen LogP contribution is 2.34. The Kier molecular flexibility index (Phi) is 3.82. The highest BCUT2D eigenvalue weighted by atomic mass is 19.4. The van der Waals surface area contributed by atoms with E-state index >= 15 is 0 Å². The molecule has 0 bridgehead atoms. The minimum Gasteiger partial charge on any atom is -0.465 e. The zero-order valence-electron chi connectivity index (χ0n) is 8.69. The van der Waals surface area contributed by atoms with Crippen LogP contribution in [0.25, 0.3) is 0 Å². The van der Waals surface area contributed by atoms with E-state index in [1.807, 2.05) is 0 Å². The molecule has 0 saturated heterocycles. The third kappa shape index (κ3) is 2.54. The number of alkyl halides is 5.